The normalized spacial score (nSPS) is 16.9. The lowest BCUT2D eigenvalue weighted by molar-refractivity contribution is 0.163. The van der Waals surface area contributed by atoms with Crippen LogP contribution < -0.4 is 14.2 Å². The molecule has 0 amide bonds. The van der Waals surface area contributed by atoms with E-state index in [1.165, 1.54) is 12.1 Å². The molecule has 3 nitrogen and oxygen atoms in total. The second-order valence-corrected chi connectivity index (χ2v) is 12.5. The molecular weight excluding hydrogens is 602 g/mol. The molecule has 5 heteroatoms. The van der Waals surface area contributed by atoms with Crippen LogP contribution in [0.25, 0.3) is 28.0 Å². The van der Waals surface area contributed by atoms with Crippen LogP contribution in [0.1, 0.15) is 54.5 Å². The van der Waals surface area contributed by atoms with Gasteiger partial charge < -0.3 is 14.2 Å². The van der Waals surface area contributed by atoms with Crippen molar-refractivity contribution in [1.82, 2.24) is 0 Å². The summed E-state index contributed by atoms with van der Waals surface area (Å²) in [6, 6.07) is 35.3. The highest BCUT2D eigenvalue weighted by molar-refractivity contribution is 6.08. The number of hydrogen-bond acceptors (Lipinski definition) is 3. The standard InChI is InChI=1S/C43H34F2O3/c1-4-42(5-2)38-26-30(45)16-22-35(38)39-34-21-15-29(44)25-37(34)41-36(40(39)42)23-24-43(48-41,27-11-17-31(46-3)18-12-27)28-13-19-33(20-14-28)47-32-9-7-6-8-10-32/h6-26H,4-5H2,1-3H3. The Labute approximate surface area is 279 Å². The molecule has 0 N–H and O–H groups in total. The second-order valence-electron chi connectivity index (χ2n) is 12.5. The maximum absolute atomic E-state index is 15.2. The Hall–Kier alpha value is -5.42. The van der Waals surface area contributed by atoms with Gasteiger partial charge in [-0.05, 0) is 107 Å². The zero-order valence-electron chi connectivity index (χ0n) is 27.0. The minimum atomic E-state index is -1.06. The molecule has 48 heavy (non-hydrogen) atoms. The molecule has 1 heterocycles. The Morgan fingerprint density at radius 2 is 1.29 bits per heavy atom. The average molecular weight is 637 g/mol. The van der Waals surface area contributed by atoms with E-state index in [4.69, 9.17) is 14.2 Å². The Kier molecular flexibility index (Phi) is 7.10. The lowest BCUT2D eigenvalue weighted by atomic mass is 9.71. The maximum atomic E-state index is 15.2. The van der Waals surface area contributed by atoms with Crippen LogP contribution in [0.15, 0.2) is 121 Å². The third-order valence-electron chi connectivity index (χ3n) is 10.2. The molecule has 2 aliphatic rings. The largest absolute Gasteiger partial charge is 0.497 e. The van der Waals surface area contributed by atoms with Crippen molar-refractivity contribution in [3.8, 4) is 34.1 Å². The quantitative estimate of drug-likeness (QED) is 0.175. The van der Waals surface area contributed by atoms with Crippen LogP contribution in [0.2, 0.25) is 0 Å². The van der Waals surface area contributed by atoms with Gasteiger partial charge in [-0.1, -0.05) is 74.5 Å². The molecule has 1 unspecified atom stereocenters. The van der Waals surface area contributed by atoms with Crippen LogP contribution in [0.5, 0.6) is 23.0 Å². The van der Waals surface area contributed by atoms with Gasteiger partial charge in [0, 0.05) is 27.5 Å². The summed E-state index contributed by atoms with van der Waals surface area (Å²) in [4.78, 5) is 0. The van der Waals surface area contributed by atoms with E-state index >= 15 is 4.39 Å². The predicted octanol–water partition coefficient (Wildman–Crippen LogP) is 11.4. The van der Waals surface area contributed by atoms with E-state index in [0.29, 0.717) is 16.9 Å². The van der Waals surface area contributed by atoms with Crippen molar-refractivity contribution < 1.29 is 23.0 Å². The summed E-state index contributed by atoms with van der Waals surface area (Å²) in [6.45, 7) is 4.31. The van der Waals surface area contributed by atoms with Gasteiger partial charge in [-0.2, -0.15) is 0 Å². The van der Waals surface area contributed by atoms with E-state index in [-0.39, 0.29) is 11.6 Å². The van der Waals surface area contributed by atoms with Crippen molar-refractivity contribution in [2.45, 2.75) is 37.7 Å². The van der Waals surface area contributed by atoms with Crippen LogP contribution in [0.3, 0.4) is 0 Å². The third-order valence-corrected chi connectivity index (χ3v) is 10.2. The Morgan fingerprint density at radius 3 is 1.96 bits per heavy atom. The number of hydrogen-bond donors (Lipinski definition) is 0. The summed E-state index contributed by atoms with van der Waals surface area (Å²) in [6.07, 6.45) is 5.76. The van der Waals surface area contributed by atoms with Crippen molar-refractivity contribution >= 4 is 16.8 Å². The minimum Gasteiger partial charge on any atom is -0.497 e. The predicted molar refractivity (Wildman–Crippen MR) is 187 cm³/mol. The van der Waals surface area contributed by atoms with E-state index < -0.39 is 11.0 Å². The molecule has 0 aromatic heterocycles. The van der Waals surface area contributed by atoms with Crippen molar-refractivity contribution in [3.63, 3.8) is 0 Å². The molecule has 0 fully saturated rings. The van der Waals surface area contributed by atoms with Gasteiger partial charge >= 0.3 is 0 Å². The smallest absolute Gasteiger partial charge is 0.178 e. The van der Waals surface area contributed by atoms with Gasteiger partial charge in [-0.3, -0.25) is 0 Å². The van der Waals surface area contributed by atoms with Crippen LogP contribution in [-0.2, 0) is 11.0 Å². The van der Waals surface area contributed by atoms with Crippen LogP contribution >= 0.6 is 0 Å². The van der Waals surface area contributed by atoms with E-state index in [9.17, 15) is 4.39 Å². The Bertz CT molecular complexity index is 2200. The number of rotatable bonds is 7. The first-order valence-corrected chi connectivity index (χ1v) is 16.4. The molecule has 1 atom stereocenters. The molecule has 0 bridgehead atoms. The highest BCUT2D eigenvalue weighted by atomic mass is 19.1. The fourth-order valence-corrected chi connectivity index (χ4v) is 7.85. The molecule has 1 aliphatic carbocycles. The highest BCUT2D eigenvalue weighted by Crippen LogP contribution is 2.60. The average Bonchev–Trinajstić information content (AvgIpc) is 3.42. The minimum absolute atomic E-state index is 0.262. The molecule has 0 saturated carbocycles. The molecular formula is C43H34F2O3. The summed E-state index contributed by atoms with van der Waals surface area (Å²) in [7, 11) is 1.64. The first-order valence-electron chi connectivity index (χ1n) is 16.4. The van der Waals surface area contributed by atoms with Crippen molar-refractivity contribution in [2.24, 2.45) is 0 Å². The first-order chi connectivity index (χ1) is 23.4. The molecule has 238 valence electrons. The number of methoxy groups -OCH3 is 1. The topological polar surface area (TPSA) is 27.7 Å². The number of halogens is 2. The Morgan fingerprint density at radius 1 is 0.667 bits per heavy atom. The zero-order chi connectivity index (χ0) is 33.0. The number of benzene rings is 6. The first kappa shape index (κ1) is 29.9. The summed E-state index contributed by atoms with van der Waals surface area (Å²) in [5.74, 6) is 2.16. The third kappa shape index (κ3) is 4.45. The molecule has 6 aromatic carbocycles. The number of ether oxygens (including phenoxy) is 3. The van der Waals surface area contributed by atoms with Crippen molar-refractivity contribution in [3.05, 3.63) is 161 Å². The molecule has 6 aromatic rings. The van der Waals surface area contributed by atoms with Crippen molar-refractivity contribution in [1.29, 1.82) is 0 Å². The van der Waals surface area contributed by atoms with Gasteiger partial charge in [-0.25, -0.2) is 8.78 Å². The second kappa shape index (κ2) is 11.4. The van der Waals surface area contributed by atoms with Crippen LogP contribution in [0.4, 0.5) is 8.78 Å². The molecule has 0 spiro atoms. The van der Waals surface area contributed by atoms with E-state index in [0.717, 1.165) is 68.7 Å². The fraction of sp³-hybridized carbons (Fsp3) is 0.163. The Balaban J connectivity index is 1.37. The molecule has 1 aliphatic heterocycles. The van der Waals surface area contributed by atoms with Gasteiger partial charge in [0.1, 0.15) is 34.6 Å². The van der Waals surface area contributed by atoms with Gasteiger partial charge in [0.15, 0.2) is 5.60 Å². The monoisotopic (exact) mass is 636 g/mol. The maximum Gasteiger partial charge on any atom is 0.178 e. The van der Waals surface area contributed by atoms with E-state index in [1.54, 1.807) is 19.2 Å². The molecule has 0 radical (unpaired) electrons. The van der Waals surface area contributed by atoms with Gasteiger partial charge in [0.05, 0.1) is 7.11 Å². The van der Waals surface area contributed by atoms with E-state index in [1.807, 2.05) is 91.0 Å². The molecule has 8 rings (SSSR count). The van der Waals surface area contributed by atoms with E-state index in [2.05, 4.69) is 26.0 Å². The van der Waals surface area contributed by atoms with Gasteiger partial charge in [0.25, 0.3) is 0 Å². The van der Waals surface area contributed by atoms with Crippen LogP contribution in [0, 0.1) is 11.6 Å². The summed E-state index contributed by atoms with van der Waals surface area (Å²) >= 11 is 0. The summed E-state index contributed by atoms with van der Waals surface area (Å²) < 4.78 is 49.0. The lowest BCUT2D eigenvalue weighted by Gasteiger charge is -2.39. The van der Waals surface area contributed by atoms with Crippen molar-refractivity contribution in [2.75, 3.05) is 7.11 Å². The van der Waals surface area contributed by atoms with Gasteiger partial charge in [0.2, 0.25) is 0 Å². The SMILES string of the molecule is CCC1(CC)c2cc(F)ccc2-c2c1c1c(c3cc(F)ccc23)OC(c2ccc(OC)cc2)(c2ccc(Oc3ccccc3)cc2)C=C1. The highest BCUT2D eigenvalue weighted by Gasteiger charge is 2.47. The number of fused-ring (bicyclic) bond motifs is 8. The lowest BCUT2D eigenvalue weighted by Crippen LogP contribution is -2.35. The zero-order valence-corrected chi connectivity index (χ0v) is 27.0. The molecule has 0 saturated heterocycles. The number of para-hydroxylation sites is 1. The fourth-order valence-electron chi connectivity index (χ4n) is 7.85. The van der Waals surface area contributed by atoms with Gasteiger partial charge in [-0.15, -0.1) is 0 Å². The summed E-state index contributed by atoms with van der Waals surface area (Å²) in [5, 5.41) is 1.56. The summed E-state index contributed by atoms with van der Waals surface area (Å²) in [5.41, 5.74) is 5.25. The van der Waals surface area contributed by atoms with Crippen LogP contribution in [-0.4, -0.2) is 7.11 Å².